The third kappa shape index (κ3) is 5.82. The lowest BCUT2D eigenvalue weighted by atomic mass is 10.0. The Hall–Kier alpha value is -3.39. The van der Waals surface area contributed by atoms with Gasteiger partial charge in [0, 0.05) is 11.4 Å². The van der Waals surface area contributed by atoms with Crippen LogP contribution in [0.2, 0.25) is 5.02 Å². The Balaban J connectivity index is 1.81. The van der Waals surface area contributed by atoms with Crippen LogP contribution in [-0.4, -0.2) is 39.0 Å². The monoisotopic (exact) mass is 443 g/mol. The predicted molar refractivity (Wildman–Crippen MR) is 117 cm³/mol. The molecule has 1 atom stereocenters. The van der Waals surface area contributed by atoms with Gasteiger partial charge in [-0.15, -0.1) is 0 Å². The standard InChI is InChI=1S/C22H22ClN3O5/c1-14(2)26-29-11-10-22(3,21(27)28)31-19-7-5-4-6-18(19)30-20-13-24-17-12-15(23)8-9-16(17)25-20/h4-9,12-13H,10-11H2,1-3H3,(H,27,28). The normalized spacial score (nSPS) is 12.6. The number of oxime groups is 1. The summed E-state index contributed by atoms with van der Waals surface area (Å²) in [6.07, 6.45) is 1.54. The first-order valence-electron chi connectivity index (χ1n) is 9.51. The first-order valence-corrected chi connectivity index (χ1v) is 9.89. The molecule has 2 aromatic carbocycles. The average molecular weight is 444 g/mol. The Bertz CT molecular complexity index is 1120. The third-order valence-electron chi connectivity index (χ3n) is 4.25. The maximum atomic E-state index is 11.9. The number of hydrogen-bond acceptors (Lipinski definition) is 7. The van der Waals surface area contributed by atoms with Gasteiger partial charge in [-0.2, -0.15) is 0 Å². The molecule has 162 valence electrons. The van der Waals surface area contributed by atoms with E-state index in [1.54, 1.807) is 56.3 Å². The van der Waals surface area contributed by atoms with Gasteiger partial charge in [-0.3, -0.25) is 0 Å². The van der Waals surface area contributed by atoms with E-state index >= 15 is 0 Å². The molecule has 8 nitrogen and oxygen atoms in total. The summed E-state index contributed by atoms with van der Waals surface area (Å²) in [4.78, 5) is 25.8. The summed E-state index contributed by atoms with van der Waals surface area (Å²) in [5.41, 5.74) is 0.422. The van der Waals surface area contributed by atoms with Crippen molar-refractivity contribution in [3.05, 3.63) is 53.7 Å². The van der Waals surface area contributed by atoms with Gasteiger partial charge in [0.1, 0.15) is 6.61 Å². The molecule has 0 amide bonds. The van der Waals surface area contributed by atoms with Crippen molar-refractivity contribution in [2.24, 2.45) is 5.16 Å². The van der Waals surface area contributed by atoms with E-state index in [0.717, 1.165) is 5.71 Å². The van der Waals surface area contributed by atoms with Gasteiger partial charge >= 0.3 is 5.97 Å². The lowest BCUT2D eigenvalue weighted by Crippen LogP contribution is -2.42. The van der Waals surface area contributed by atoms with Crippen molar-refractivity contribution in [1.29, 1.82) is 0 Å². The smallest absolute Gasteiger partial charge is 0.347 e. The van der Waals surface area contributed by atoms with E-state index < -0.39 is 11.6 Å². The van der Waals surface area contributed by atoms with Crippen molar-refractivity contribution in [3.8, 4) is 17.4 Å². The zero-order valence-electron chi connectivity index (χ0n) is 17.3. The Kier molecular flexibility index (Phi) is 6.91. The average Bonchev–Trinajstić information content (AvgIpc) is 2.72. The van der Waals surface area contributed by atoms with Crippen LogP contribution in [0.4, 0.5) is 0 Å². The number of aromatic nitrogens is 2. The number of carboxylic acids is 1. The van der Waals surface area contributed by atoms with Crippen LogP contribution in [0.25, 0.3) is 11.0 Å². The maximum absolute atomic E-state index is 11.9. The SMILES string of the molecule is CC(C)=NOCCC(C)(Oc1ccccc1Oc1cnc2cc(Cl)ccc2n1)C(=O)O. The van der Waals surface area contributed by atoms with Crippen LogP contribution in [0.5, 0.6) is 17.4 Å². The highest BCUT2D eigenvalue weighted by Gasteiger charge is 2.36. The van der Waals surface area contributed by atoms with Crippen LogP contribution in [0, 0.1) is 0 Å². The Morgan fingerprint density at radius 3 is 2.61 bits per heavy atom. The minimum absolute atomic E-state index is 0.0734. The lowest BCUT2D eigenvalue weighted by Gasteiger charge is -2.26. The van der Waals surface area contributed by atoms with Crippen LogP contribution in [0.15, 0.2) is 53.8 Å². The van der Waals surface area contributed by atoms with Gasteiger partial charge < -0.3 is 19.4 Å². The number of fused-ring (bicyclic) bond motifs is 1. The second-order valence-corrected chi connectivity index (χ2v) is 7.59. The molecule has 3 aromatic rings. The summed E-state index contributed by atoms with van der Waals surface area (Å²) in [7, 11) is 0. The molecule has 0 spiro atoms. The topological polar surface area (TPSA) is 103 Å². The zero-order chi connectivity index (χ0) is 22.4. The van der Waals surface area contributed by atoms with Gasteiger partial charge in [0.05, 0.1) is 22.9 Å². The van der Waals surface area contributed by atoms with Crippen LogP contribution in [0.3, 0.4) is 0 Å². The maximum Gasteiger partial charge on any atom is 0.347 e. The molecule has 9 heteroatoms. The number of aliphatic carboxylic acids is 1. The van der Waals surface area contributed by atoms with E-state index in [9.17, 15) is 9.90 Å². The molecule has 0 radical (unpaired) electrons. The molecule has 0 fully saturated rings. The molecule has 1 unspecified atom stereocenters. The second-order valence-electron chi connectivity index (χ2n) is 7.15. The highest BCUT2D eigenvalue weighted by atomic mass is 35.5. The first-order chi connectivity index (χ1) is 14.8. The minimum Gasteiger partial charge on any atom is -0.478 e. The zero-order valence-corrected chi connectivity index (χ0v) is 18.1. The predicted octanol–water partition coefficient (Wildman–Crippen LogP) is 5.10. The summed E-state index contributed by atoms with van der Waals surface area (Å²) in [5.74, 6) is -0.342. The Labute approximate surface area is 184 Å². The molecule has 3 rings (SSSR count). The number of ether oxygens (including phenoxy) is 2. The molecule has 31 heavy (non-hydrogen) atoms. The van der Waals surface area contributed by atoms with Crippen molar-refractivity contribution in [2.45, 2.75) is 32.8 Å². The fraction of sp³-hybridized carbons (Fsp3) is 0.273. The number of benzene rings is 2. The molecule has 0 aliphatic heterocycles. The number of rotatable bonds is 9. The van der Waals surface area contributed by atoms with Crippen molar-refractivity contribution in [1.82, 2.24) is 9.97 Å². The summed E-state index contributed by atoms with van der Waals surface area (Å²) < 4.78 is 11.7. The van der Waals surface area contributed by atoms with E-state index in [1.165, 1.54) is 13.1 Å². The molecule has 1 heterocycles. The molecular weight excluding hydrogens is 422 g/mol. The van der Waals surface area contributed by atoms with Gasteiger partial charge in [-0.05, 0) is 51.1 Å². The van der Waals surface area contributed by atoms with Crippen molar-refractivity contribution >= 4 is 34.3 Å². The fourth-order valence-electron chi connectivity index (χ4n) is 2.61. The van der Waals surface area contributed by atoms with Crippen molar-refractivity contribution in [2.75, 3.05) is 6.61 Å². The number of carbonyl (C=O) groups is 1. The van der Waals surface area contributed by atoms with E-state index in [2.05, 4.69) is 15.1 Å². The lowest BCUT2D eigenvalue weighted by molar-refractivity contribution is -0.155. The summed E-state index contributed by atoms with van der Waals surface area (Å²) in [6, 6.07) is 11.9. The Morgan fingerprint density at radius 1 is 1.16 bits per heavy atom. The summed E-state index contributed by atoms with van der Waals surface area (Å²) in [5, 5.41) is 14.1. The van der Waals surface area contributed by atoms with E-state index in [4.69, 9.17) is 25.9 Å². The molecule has 0 saturated carbocycles. The van der Waals surface area contributed by atoms with Gasteiger partial charge in [0.25, 0.3) is 0 Å². The quantitative estimate of drug-likeness (QED) is 0.278. The molecule has 0 saturated heterocycles. The van der Waals surface area contributed by atoms with E-state index in [0.29, 0.717) is 21.8 Å². The third-order valence-corrected chi connectivity index (χ3v) is 4.49. The van der Waals surface area contributed by atoms with Gasteiger partial charge in [-0.1, -0.05) is 28.9 Å². The fourth-order valence-corrected chi connectivity index (χ4v) is 2.77. The number of nitrogens with zero attached hydrogens (tertiary/aromatic N) is 3. The molecule has 0 aliphatic carbocycles. The molecule has 0 aliphatic rings. The number of para-hydroxylation sites is 2. The van der Waals surface area contributed by atoms with E-state index in [1.807, 2.05) is 0 Å². The second kappa shape index (κ2) is 9.61. The highest BCUT2D eigenvalue weighted by Crippen LogP contribution is 2.34. The van der Waals surface area contributed by atoms with Crippen LogP contribution in [-0.2, 0) is 9.63 Å². The summed E-state index contributed by atoms with van der Waals surface area (Å²) in [6.45, 7) is 5.11. The van der Waals surface area contributed by atoms with Crippen LogP contribution < -0.4 is 9.47 Å². The van der Waals surface area contributed by atoms with Gasteiger partial charge in [0.2, 0.25) is 11.5 Å². The van der Waals surface area contributed by atoms with Gasteiger partial charge in [-0.25, -0.2) is 14.8 Å². The van der Waals surface area contributed by atoms with Crippen molar-refractivity contribution < 1.29 is 24.2 Å². The Morgan fingerprint density at radius 2 is 1.90 bits per heavy atom. The van der Waals surface area contributed by atoms with Gasteiger partial charge in [0.15, 0.2) is 11.5 Å². The number of carboxylic acid groups (broad SMARTS) is 1. The molecular formula is C22H22ClN3O5. The van der Waals surface area contributed by atoms with Crippen LogP contribution >= 0.6 is 11.6 Å². The van der Waals surface area contributed by atoms with Crippen LogP contribution in [0.1, 0.15) is 27.2 Å². The molecule has 0 bridgehead atoms. The first kappa shape index (κ1) is 22.3. The van der Waals surface area contributed by atoms with Crippen molar-refractivity contribution in [3.63, 3.8) is 0 Å². The molecule has 1 aromatic heterocycles. The summed E-state index contributed by atoms with van der Waals surface area (Å²) >= 11 is 5.98. The highest BCUT2D eigenvalue weighted by molar-refractivity contribution is 6.31. The minimum atomic E-state index is -1.55. The number of halogens is 1. The van der Waals surface area contributed by atoms with E-state index in [-0.39, 0.29) is 24.7 Å². The number of hydrogen-bond donors (Lipinski definition) is 1. The molecule has 1 N–H and O–H groups in total. The largest absolute Gasteiger partial charge is 0.478 e.